The van der Waals surface area contributed by atoms with Gasteiger partial charge in [0.1, 0.15) is 5.65 Å². The number of aromatic nitrogens is 3. The van der Waals surface area contributed by atoms with Crippen molar-refractivity contribution in [3.05, 3.63) is 58.0 Å². The molecule has 2 aromatic heterocycles. The molecule has 0 aliphatic carbocycles. The van der Waals surface area contributed by atoms with E-state index in [0.29, 0.717) is 0 Å². The summed E-state index contributed by atoms with van der Waals surface area (Å²) in [7, 11) is 0. The van der Waals surface area contributed by atoms with E-state index in [1.807, 2.05) is 37.3 Å². The van der Waals surface area contributed by atoms with Crippen molar-refractivity contribution in [2.45, 2.75) is 26.7 Å². The van der Waals surface area contributed by atoms with Gasteiger partial charge in [0.05, 0.1) is 11.4 Å². The number of aromatic amines is 1. The minimum Gasteiger partial charge on any atom is -0.306 e. The summed E-state index contributed by atoms with van der Waals surface area (Å²) >= 11 is 0. The standard InChI is InChI=1S/C16H17N3O/c1-10(2)13-9-14(20)17-16-15(13)11(3)18-19(16)12-7-5-4-6-8-12/h4-10H,1-3H3,(H,17,20). The number of nitrogens with one attached hydrogen (secondary N) is 1. The van der Waals surface area contributed by atoms with E-state index in [2.05, 4.69) is 23.9 Å². The van der Waals surface area contributed by atoms with Crippen molar-refractivity contribution >= 4 is 11.0 Å². The van der Waals surface area contributed by atoms with E-state index in [1.165, 1.54) is 0 Å². The van der Waals surface area contributed by atoms with Crippen LogP contribution in [0.2, 0.25) is 0 Å². The molecule has 1 aromatic carbocycles. The zero-order valence-corrected chi connectivity index (χ0v) is 11.8. The first-order chi connectivity index (χ1) is 9.58. The van der Waals surface area contributed by atoms with Gasteiger partial charge in [-0.2, -0.15) is 5.10 Å². The Hall–Kier alpha value is -2.36. The molecule has 3 aromatic rings. The lowest BCUT2D eigenvalue weighted by molar-refractivity contribution is 0.868. The summed E-state index contributed by atoms with van der Waals surface area (Å²) in [4.78, 5) is 14.8. The molecular formula is C16H17N3O. The monoisotopic (exact) mass is 267 g/mol. The van der Waals surface area contributed by atoms with Crippen LogP contribution in [-0.4, -0.2) is 14.8 Å². The summed E-state index contributed by atoms with van der Waals surface area (Å²) in [6.07, 6.45) is 0. The first-order valence-electron chi connectivity index (χ1n) is 6.76. The highest BCUT2D eigenvalue weighted by Crippen LogP contribution is 2.26. The van der Waals surface area contributed by atoms with Crippen LogP contribution in [0, 0.1) is 6.92 Å². The zero-order valence-electron chi connectivity index (χ0n) is 11.8. The van der Waals surface area contributed by atoms with Crippen molar-refractivity contribution in [1.82, 2.24) is 14.8 Å². The fourth-order valence-electron chi connectivity index (χ4n) is 2.57. The number of pyridine rings is 1. The number of H-pyrrole nitrogens is 1. The lowest BCUT2D eigenvalue weighted by Gasteiger charge is -2.07. The van der Waals surface area contributed by atoms with Crippen LogP contribution in [0.3, 0.4) is 0 Å². The number of aryl methyl sites for hydroxylation is 1. The SMILES string of the molecule is Cc1nn(-c2ccccc2)c2[nH]c(=O)cc(C(C)C)c12. The van der Waals surface area contributed by atoms with Gasteiger partial charge in [0.25, 0.3) is 0 Å². The molecule has 0 bridgehead atoms. The van der Waals surface area contributed by atoms with Crippen LogP contribution >= 0.6 is 0 Å². The fourth-order valence-corrected chi connectivity index (χ4v) is 2.57. The van der Waals surface area contributed by atoms with Crippen LogP contribution in [0.25, 0.3) is 16.7 Å². The molecular weight excluding hydrogens is 250 g/mol. The van der Waals surface area contributed by atoms with E-state index >= 15 is 0 Å². The topological polar surface area (TPSA) is 50.7 Å². The lowest BCUT2D eigenvalue weighted by atomic mass is 10.0. The smallest absolute Gasteiger partial charge is 0.249 e. The van der Waals surface area contributed by atoms with Crippen LogP contribution in [0.15, 0.2) is 41.2 Å². The highest BCUT2D eigenvalue weighted by molar-refractivity contribution is 5.83. The number of nitrogens with zero attached hydrogens (tertiary/aromatic N) is 2. The van der Waals surface area contributed by atoms with Crippen LogP contribution in [0.1, 0.15) is 31.0 Å². The van der Waals surface area contributed by atoms with Gasteiger partial charge >= 0.3 is 0 Å². The first-order valence-corrected chi connectivity index (χ1v) is 6.76. The van der Waals surface area contributed by atoms with Gasteiger partial charge in [-0.15, -0.1) is 0 Å². The van der Waals surface area contributed by atoms with Gasteiger partial charge in [-0.25, -0.2) is 4.68 Å². The summed E-state index contributed by atoms with van der Waals surface area (Å²) in [5.41, 5.74) is 3.61. The van der Waals surface area contributed by atoms with Gasteiger partial charge < -0.3 is 4.98 Å². The Morgan fingerprint density at radius 3 is 2.55 bits per heavy atom. The molecule has 0 atom stereocenters. The highest BCUT2D eigenvalue weighted by atomic mass is 16.1. The number of hydrogen-bond acceptors (Lipinski definition) is 2. The van der Waals surface area contributed by atoms with Crippen molar-refractivity contribution in [2.75, 3.05) is 0 Å². The summed E-state index contributed by atoms with van der Waals surface area (Å²) in [6.45, 7) is 6.16. The highest BCUT2D eigenvalue weighted by Gasteiger charge is 2.16. The number of rotatable bonds is 2. The Morgan fingerprint density at radius 2 is 1.90 bits per heavy atom. The maximum Gasteiger partial charge on any atom is 0.249 e. The Morgan fingerprint density at radius 1 is 1.20 bits per heavy atom. The van der Waals surface area contributed by atoms with Crippen molar-refractivity contribution in [2.24, 2.45) is 0 Å². The average Bonchev–Trinajstić information content (AvgIpc) is 2.76. The van der Waals surface area contributed by atoms with Crippen LogP contribution in [-0.2, 0) is 0 Å². The van der Waals surface area contributed by atoms with Crippen molar-refractivity contribution in [1.29, 1.82) is 0 Å². The molecule has 3 rings (SSSR count). The van der Waals surface area contributed by atoms with Crippen LogP contribution in [0.5, 0.6) is 0 Å². The quantitative estimate of drug-likeness (QED) is 0.775. The van der Waals surface area contributed by atoms with Crippen molar-refractivity contribution in [3.8, 4) is 5.69 Å². The van der Waals surface area contributed by atoms with E-state index in [9.17, 15) is 4.79 Å². The molecule has 2 heterocycles. The molecule has 0 fully saturated rings. The fraction of sp³-hybridized carbons (Fsp3) is 0.250. The van der Waals surface area contributed by atoms with Gasteiger partial charge in [-0.05, 0) is 30.5 Å². The van der Waals surface area contributed by atoms with E-state index in [-0.39, 0.29) is 11.5 Å². The molecule has 0 radical (unpaired) electrons. The molecule has 20 heavy (non-hydrogen) atoms. The maximum absolute atomic E-state index is 11.9. The van der Waals surface area contributed by atoms with Gasteiger partial charge in [-0.1, -0.05) is 32.0 Å². The first kappa shape index (κ1) is 12.7. The largest absolute Gasteiger partial charge is 0.306 e. The van der Waals surface area contributed by atoms with Crippen molar-refractivity contribution in [3.63, 3.8) is 0 Å². The minimum atomic E-state index is -0.0849. The molecule has 0 saturated heterocycles. The third-order valence-corrected chi connectivity index (χ3v) is 3.50. The average molecular weight is 267 g/mol. The molecule has 0 unspecified atom stereocenters. The number of fused-ring (bicyclic) bond motifs is 1. The Bertz CT molecular complexity index is 813. The number of benzene rings is 1. The number of hydrogen-bond donors (Lipinski definition) is 1. The summed E-state index contributed by atoms with van der Waals surface area (Å²) < 4.78 is 1.80. The van der Waals surface area contributed by atoms with Gasteiger partial charge in [0.15, 0.2) is 0 Å². The van der Waals surface area contributed by atoms with Crippen molar-refractivity contribution < 1.29 is 0 Å². The molecule has 0 aliphatic heterocycles. The van der Waals surface area contributed by atoms with E-state index in [0.717, 1.165) is 28.0 Å². The summed E-state index contributed by atoms with van der Waals surface area (Å²) in [6, 6.07) is 11.5. The van der Waals surface area contributed by atoms with Crippen LogP contribution < -0.4 is 5.56 Å². The molecule has 0 amide bonds. The minimum absolute atomic E-state index is 0.0849. The molecule has 102 valence electrons. The third kappa shape index (κ3) is 1.93. The third-order valence-electron chi connectivity index (χ3n) is 3.50. The molecule has 4 heteroatoms. The normalized spacial score (nSPS) is 11.4. The van der Waals surface area contributed by atoms with E-state index < -0.39 is 0 Å². The Labute approximate surface area is 117 Å². The second-order valence-electron chi connectivity index (χ2n) is 5.30. The second kappa shape index (κ2) is 4.63. The van der Waals surface area contributed by atoms with Gasteiger partial charge in [0.2, 0.25) is 5.56 Å². The molecule has 0 spiro atoms. The Kier molecular flexibility index (Phi) is 2.93. The van der Waals surface area contributed by atoms with E-state index in [1.54, 1.807) is 10.7 Å². The number of para-hydroxylation sites is 1. The zero-order chi connectivity index (χ0) is 14.3. The summed E-state index contributed by atoms with van der Waals surface area (Å²) in [5.74, 6) is 0.284. The maximum atomic E-state index is 11.9. The van der Waals surface area contributed by atoms with Gasteiger partial charge in [0, 0.05) is 11.5 Å². The molecule has 0 saturated carbocycles. The van der Waals surface area contributed by atoms with Gasteiger partial charge in [-0.3, -0.25) is 4.79 Å². The van der Waals surface area contributed by atoms with E-state index in [4.69, 9.17) is 0 Å². The molecule has 4 nitrogen and oxygen atoms in total. The molecule has 1 N–H and O–H groups in total. The predicted molar refractivity (Wildman–Crippen MR) is 80.5 cm³/mol. The second-order valence-corrected chi connectivity index (χ2v) is 5.30. The van der Waals surface area contributed by atoms with Crippen LogP contribution in [0.4, 0.5) is 0 Å². The Balaban J connectivity index is 2.40. The molecule has 0 aliphatic rings. The lowest BCUT2D eigenvalue weighted by Crippen LogP contribution is -2.09. The summed E-state index contributed by atoms with van der Waals surface area (Å²) in [5, 5.41) is 5.64. The predicted octanol–water partition coefficient (Wildman–Crippen LogP) is 3.15.